The number of carbonyl (C=O) groups is 3. The summed E-state index contributed by atoms with van der Waals surface area (Å²) < 4.78 is 4.70. The highest BCUT2D eigenvalue weighted by molar-refractivity contribution is 8.02. The van der Waals surface area contributed by atoms with E-state index in [1.807, 2.05) is 13.8 Å². The first-order valence-corrected chi connectivity index (χ1v) is 13.4. The molecule has 3 aliphatic heterocycles. The smallest absolute Gasteiger partial charge is 0.311 e. The molecule has 3 aliphatic rings. The van der Waals surface area contributed by atoms with Crippen LogP contribution in [0.5, 0.6) is 0 Å². The number of aliphatic hydroxyl groups excluding tert-OH is 1. The molecule has 3 unspecified atom stereocenters. The van der Waals surface area contributed by atoms with E-state index >= 15 is 0 Å². The van der Waals surface area contributed by atoms with Crippen LogP contribution in [0.2, 0.25) is 0 Å². The molecular formula is C26H40N2O5S. The highest BCUT2D eigenvalue weighted by Crippen LogP contribution is 2.69. The molecule has 7 atom stereocenters. The van der Waals surface area contributed by atoms with Gasteiger partial charge in [-0.2, -0.15) is 0 Å². The second-order valence-electron chi connectivity index (χ2n) is 10.1. The molecule has 2 amide bonds. The van der Waals surface area contributed by atoms with Crippen molar-refractivity contribution in [3.05, 3.63) is 25.3 Å². The summed E-state index contributed by atoms with van der Waals surface area (Å²) in [4.78, 5) is 44.9. The molecule has 3 fully saturated rings. The molecule has 0 radical (unpaired) electrons. The number of hydrogen-bond acceptors (Lipinski definition) is 6. The van der Waals surface area contributed by atoms with Crippen LogP contribution in [0.25, 0.3) is 0 Å². The molecule has 8 heteroatoms. The molecule has 3 saturated heterocycles. The molecule has 3 heterocycles. The Labute approximate surface area is 208 Å². The summed E-state index contributed by atoms with van der Waals surface area (Å²) in [5, 5.41) is 10.2. The average molecular weight is 493 g/mol. The number of amides is 2. The van der Waals surface area contributed by atoms with E-state index in [1.54, 1.807) is 27.6 Å². The second kappa shape index (κ2) is 10.9. The number of rotatable bonds is 12. The van der Waals surface area contributed by atoms with E-state index in [1.165, 1.54) is 6.08 Å². The zero-order valence-electron chi connectivity index (χ0n) is 20.9. The number of likely N-dealkylation sites (tertiary alicyclic amines) is 1. The van der Waals surface area contributed by atoms with Gasteiger partial charge in [-0.05, 0) is 24.7 Å². The van der Waals surface area contributed by atoms with Crippen LogP contribution in [-0.2, 0) is 19.1 Å². The standard InChI is InChI=1S/C26H40N2O5S/c1-7-10-12-27(11-8-2)24(31)22-26-17(6)14-19(34-26)20(25(32)33-13-9-3)21(26)23(30)28(22)18(15-29)16(4)5/h8-9,16-22,29H,2-3,7,10-15H2,1,4-6H3/t17?,18-,19+,20-,21-,22?,26?/m0/s1. The van der Waals surface area contributed by atoms with Gasteiger partial charge in [0, 0.05) is 18.3 Å². The molecule has 2 bridgehead atoms. The topological polar surface area (TPSA) is 87.1 Å². The molecule has 0 aromatic heterocycles. The number of nitrogens with zero attached hydrogens (tertiary/aromatic N) is 2. The van der Waals surface area contributed by atoms with Crippen molar-refractivity contribution in [3.63, 3.8) is 0 Å². The first-order chi connectivity index (χ1) is 16.2. The van der Waals surface area contributed by atoms with E-state index in [-0.39, 0.29) is 42.1 Å². The minimum absolute atomic E-state index is 0.0494. The Kier molecular flexibility index (Phi) is 8.56. The monoisotopic (exact) mass is 492 g/mol. The maximum atomic E-state index is 14.2. The minimum Gasteiger partial charge on any atom is -0.461 e. The molecule has 1 spiro atoms. The number of carbonyl (C=O) groups excluding carboxylic acids is 3. The first kappa shape index (κ1) is 26.8. The molecular weight excluding hydrogens is 452 g/mol. The van der Waals surface area contributed by atoms with Gasteiger partial charge in [-0.15, -0.1) is 18.3 Å². The first-order valence-electron chi connectivity index (χ1n) is 12.5. The van der Waals surface area contributed by atoms with Gasteiger partial charge < -0.3 is 19.6 Å². The normalized spacial score (nSPS) is 32.6. The third-order valence-corrected chi connectivity index (χ3v) is 9.87. The second-order valence-corrected chi connectivity index (χ2v) is 11.7. The van der Waals surface area contributed by atoms with Gasteiger partial charge in [0.25, 0.3) is 0 Å². The summed E-state index contributed by atoms with van der Waals surface area (Å²) in [6.45, 7) is 16.4. The molecule has 1 N–H and O–H groups in total. The molecule has 0 saturated carbocycles. The van der Waals surface area contributed by atoms with E-state index in [4.69, 9.17) is 4.74 Å². The van der Waals surface area contributed by atoms with Gasteiger partial charge in [-0.3, -0.25) is 14.4 Å². The fourth-order valence-corrected chi connectivity index (χ4v) is 8.58. The van der Waals surface area contributed by atoms with E-state index in [0.717, 1.165) is 19.3 Å². The lowest BCUT2D eigenvalue weighted by molar-refractivity contribution is -0.154. The fourth-order valence-electron chi connectivity index (χ4n) is 6.19. The van der Waals surface area contributed by atoms with Gasteiger partial charge in [0.2, 0.25) is 11.8 Å². The molecule has 0 aromatic carbocycles. The van der Waals surface area contributed by atoms with Crippen molar-refractivity contribution in [3.8, 4) is 0 Å². The molecule has 7 nitrogen and oxygen atoms in total. The van der Waals surface area contributed by atoms with Crippen molar-refractivity contribution in [2.45, 2.75) is 69.0 Å². The maximum Gasteiger partial charge on any atom is 0.311 e. The van der Waals surface area contributed by atoms with E-state index in [2.05, 4.69) is 27.0 Å². The van der Waals surface area contributed by atoms with Crippen molar-refractivity contribution in [1.82, 2.24) is 9.80 Å². The van der Waals surface area contributed by atoms with Crippen molar-refractivity contribution in [1.29, 1.82) is 0 Å². The highest BCUT2D eigenvalue weighted by atomic mass is 32.2. The summed E-state index contributed by atoms with van der Waals surface area (Å²) in [5.74, 6) is -1.91. The highest BCUT2D eigenvalue weighted by Gasteiger charge is 2.77. The minimum atomic E-state index is -0.733. The molecule has 3 rings (SSSR count). The molecule has 190 valence electrons. The van der Waals surface area contributed by atoms with Crippen LogP contribution in [0.1, 0.15) is 47.0 Å². The van der Waals surface area contributed by atoms with Crippen molar-refractivity contribution in [2.24, 2.45) is 23.7 Å². The lowest BCUT2D eigenvalue weighted by Crippen LogP contribution is -2.60. The lowest BCUT2D eigenvalue weighted by atomic mass is 9.66. The summed E-state index contributed by atoms with van der Waals surface area (Å²) in [5.41, 5.74) is 0. The zero-order valence-corrected chi connectivity index (χ0v) is 21.8. The Hall–Kier alpha value is -1.80. The van der Waals surface area contributed by atoms with Crippen LogP contribution in [0, 0.1) is 23.7 Å². The van der Waals surface area contributed by atoms with Crippen molar-refractivity contribution >= 4 is 29.5 Å². The van der Waals surface area contributed by atoms with Crippen LogP contribution < -0.4 is 0 Å². The Balaban J connectivity index is 2.11. The number of aliphatic hydroxyl groups is 1. The Morgan fingerprint density at radius 3 is 2.62 bits per heavy atom. The quantitative estimate of drug-likeness (QED) is 0.333. The zero-order chi connectivity index (χ0) is 25.2. The third-order valence-electron chi connectivity index (χ3n) is 7.79. The SMILES string of the molecule is C=CCOC(=O)[C@@H]1[C@H]2C(=O)N([C@@H](CO)C(C)C)C(C(=O)N(CC=C)CCCC)C23S[C@@H]1CC3C. The molecule has 0 aliphatic carbocycles. The number of thioether (sulfide) groups is 1. The van der Waals surface area contributed by atoms with Gasteiger partial charge in [0.1, 0.15) is 12.6 Å². The van der Waals surface area contributed by atoms with Gasteiger partial charge in [0.05, 0.1) is 29.2 Å². The van der Waals surface area contributed by atoms with E-state index in [0.29, 0.717) is 13.1 Å². The van der Waals surface area contributed by atoms with Crippen LogP contribution in [0.15, 0.2) is 25.3 Å². The predicted octanol–water partition coefficient (Wildman–Crippen LogP) is 2.88. The Bertz CT molecular complexity index is 817. The van der Waals surface area contributed by atoms with Gasteiger partial charge in [-0.1, -0.05) is 52.8 Å². The Morgan fingerprint density at radius 1 is 1.35 bits per heavy atom. The van der Waals surface area contributed by atoms with Crippen LogP contribution in [-0.4, -0.2) is 81.1 Å². The lowest BCUT2D eigenvalue weighted by Gasteiger charge is -2.42. The van der Waals surface area contributed by atoms with Crippen LogP contribution in [0.4, 0.5) is 0 Å². The van der Waals surface area contributed by atoms with Crippen molar-refractivity contribution < 1.29 is 24.2 Å². The summed E-state index contributed by atoms with van der Waals surface area (Å²) >= 11 is 1.63. The van der Waals surface area contributed by atoms with Crippen LogP contribution in [0.3, 0.4) is 0 Å². The number of unbranched alkanes of at least 4 members (excludes halogenated alkanes) is 1. The molecule has 34 heavy (non-hydrogen) atoms. The average Bonchev–Trinajstić information content (AvgIpc) is 3.39. The number of hydrogen-bond donors (Lipinski definition) is 1. The fraction of sp³-hybridized carbons (Fsp3) is 0.731. The van der Waals surface area contributed by atoms with Gasteiger partial charge in [-0.25, -0.2) is 0 Å². The number of fused-ring (bicyclic) bond motifs is 1. The van der Waals surface area contributed by atoms with E-state index < -0.39 is 34.6 Å². The summed E-state index contributed by atoms with van der Waals surface area (Å²) in [6, 6.07) is -1.24. The third kappa shape index (κ3) is 4.21. The molecule has 0 aromatic rings. The van der Waals surface area contributed by atoms with Gasteiger partial charge >= 0.3 is 5.97 Å². The summed E-state index contributed by atoms with van der Waals surface area (Å²) in [7, 11) is 0. The van der Waals surface area contributed by atoms with Gasteiger partial charge in [0.15, 0.2) is 0 Å². The largest absolute Gasteiger partial charge is 0.461 e. The van der Waals surface area contributed by atoms with Crippen molar-refractivity contribution in [2.75, 3.05) is 26.3 Å². The van der Waals surface area contributed by atoms with Crippen LogP contribution >= 0.6 is 11.8 Å². The summed E-state index contributed by atoms with van der Waals surface area (Å²) in [6.07, 6.45) is 5.78. The maximum absolute atomic E-state index is 14.2. The number of ether oxygens (including phenoxy) is 1. The Morgan fingerprint density at radius 2 is 2.06 bits per heavy atom. The number of esters is 1. The van der Waals surface area contributed by atoms with E-state index in [9.17, 15) is 19.5 Å². The predicted molar refractivity (Wildman–Crippen MR) is 134 cm³/mol.